The van der Waals surface area contributed by atoms with Gasteiger partial charge in [-0.05, 0) is 29.3 Å². The van der Waals surface area contributed by atoms with Crippen LogP contribution >= 0.6 is 11.3 Å². The molecule has 0 saturated heterocycles. The first-order valence-corrected chi connectivity index (χ1v) is 17.3. The average Bonchev–Trinajstić information content (AvgIpc) is 3.82. The molecule has 0 fully saturated rings. The predicted octanol–water partition coefficient (Wildman–Crippen LogP) is 12.0. The Labute approximate surface area is 287 Å². The van der Waals surface area contributed by atoms with Gasteiger partial charge in [0, 0.05) is 49.6 Å². The number of benzene rings is 6. The van der Waals surface area contributed by atoms with Crippen molar-refractivity contribution in [2.45, 2.75) is 19.3 Å². The minimum Gasteiger partial charge on any atom is -0.455 e. The highest BCUT2D eigenvalue weighted by molar-refractivity contribution is 7.21. The molecule has 1 aliphatic carbocycles. The van der Waals surface area contributed by atoms with Crippen LogP contribution < -0.4 is 0 Å². The Morgan fingerprint density at radius 2 is 1.18 bits per heavy atom. The normalized spacial score (nSPS) is 13.3. The van der Waals surface area contributed by atoms with Crippen LogP contribution in [0.15, 0.2) is 144 Å². The van der Waals surface area contributed by atoms with Crippen molar-refractivity contribution in [2.75, 3.05) is 0 Å². The van der Waals surface area contributed by atoms with E-state index in [1.807, 2.05) is 18.2 Å². The molecule has 0 spiro atoms. The monoisotopic (exact) mass is 647 g/mol. The van der Waals surface area contributed by atoms with Gasteiger partial charge >= 0.3 is 0 Å². The van der Waals surface area contributed by atoms with Gasteiger partial charge in [0.2, 0.25) is 0 Å². The van der Waals surface area contributed by atoms with Gasteiger partial charge in [-0.3, -0.25) is 0 Å². The molecule has 9 aromatic rings. The molecule has 3 heterocycles. The van der Waals surface area contributed by atoms with E-state index in [1.165, 1.54) is 15.8 Å². The van der Waals surface area contributed by atoms with E-state index >= 15 is 0 Å². The number of fused-ring (bicyclic) bond motifs is 7. The summed E-state index contributed by atoms with van der Waals surface area (Å²) in [6, 6.07) is 48.8. The Morgan fingerprint density at radius 1 is 0.531 bits per heavy atom. The van der Waals surface area contributed by atoms with Gasteiger partial charge < -0.3 is 4.42 Å². The quantitative estimate of drug-likeness (QED) is 0.191. The molecular weight excluding hydrogens is 619 g/mol. The molecule has 0 atom stereocenters. The van der Waals surface area contributed by atoms with Crippen molar-refractivity contribution in [2.24, 2.45) is 0 Å². The van der Waals surface area contributed by atoms with Crippen molar-refractivity contribution in [3.63, 3.8) is 0 Å². The van der Waals surface area contributed by atoms with Gasteiger partial charge in [0.05, 0.1) is 21.6 Å². The van der Waals surface area contributed by atoms with Crippen LogP contribution in [0.1, 0.15) is 25.0 Å². The second-order valence-electron chi connectivity index (χ2n) is 13.2. The largest absolute Gasteiger partial charge is 0.455 e. The van der Waals surface area contributed by atoms with Crippen molar-refractivity contribution in [3.8, 4) is 55.6 Å². The number of aromatic nitrogens is 3. The standard InChI is InChI=1S/C44H29N3OS/c1-44(2)34-14-5-3-11-33(34)40-38(44)39(46-42(47-40)28-22-24-29(25-23-28)43-45-35-15-6-8-17-37(35)49-43)27-20-18-26(19-21-27)30-12-9-13-32-31-10-4-7-16-36(31)48-41(30)32/h3-25H,1-2H3. The molecule has 0 radical (unpaired) electrons. The van der Waals surface area contributed by atoms with E-state index < -0.39 is 0 Å². The SMILES string of the molecule is CC1(C)c2ccccc2-c2nc(-c3ccc(-c4nc5ccccc5s4)cc3)nc(-c3ccc(-c4cccc5c4oc4ccccc45)cc3)c21. The zero-order valence-corrected chi connectivity index (χ0v) is 27.8. The summed E-state index contributed by atoms with van der Waals surface area (Å²) >= 11 is 1.71. The average molecular weight is 648 g/mol. The molecule has 49 heavy (non-hydrogen) atoms. The third-order valence-corrected chi connectivity index (χ3v) is 11.0. The highest BCUT2D eigenvalue weighted by Gasteiger charge is 2.40. The van der Waals surface area contributed by atoms with Crippen LogP contribution in [-0.2, 0) is 5.41 Å². The maximum atomic E-state index is 6.37. The summed E-state index contributed by atoms with van der Waals surface area (Å²) in [4.78, 5) is 15.5. The first kappa shape index (κ1) is 28.1. The van der Waals surface area contributed by atoms with Gasteiger partial charge in [0.15, 0.2) is 5.82 Å². The third kappa shape index (κ3) is 4.32. The Kier molecular flexibility index (Phi) is 6.05. The van der Waals surface area contributed by atoms with Crippen LogP contribution in [0.3, 0.4) is 0 Å². The molecule has 5 heteroatoms. The highest BCUT2D eigenvalue weighted by Crippen LogP contribution is 2.51. The first-order chi connectivity index (χ1) is 24.0. The van der Waals surface area contributed by atoms with Gasteiger partial charge in [0.1, 0.15) is 16.2 Å². The number of nitrogens with zero attached hydrogens (tertiary/aromatic N) is 3. The van der Waals surface area contributed by atoms with E-state index in [9.17, 15) is 0 Å². The molecule has 232 valence electrons. The minimum absolute atomic E-state index is 0.255. The van der Waals surface area contributed by atoms with E-state index in [0.717, 1.165) is 77.2 Å². The maximum Gasteiger partial charge on any atom is 0.160 e. The Hall–Kier alpha value is -5.91. The molecule has 4 nitrogen and oxygen atoms in total. The third-order valence-electron chi connectivity index (χ3n) is 9.95. The zero-order valence-electron chi connectivity index (χ0n) is 26.9. The smallest absolute Gasteiger partial charge is 0.160 e. The van der Waals surface area contributed by atoms with Gasteiger partial charge in [0.25, 0.3) is 0 Å². The van der Waals surface area contributed by atoms with Crippen LogP contribution in [0.2, 0.25) is 0 Å². The molecule has 0 aliphatic heterocycles. The second-order valence-corrected chi connectivity index (χ2v) is 14.2. The molecule has 3 aromatic heterocycles. The molecule has 0 unspecified atom stereocenters. The van der Waals surface area contributed by atoms with Gasteiger partial charge in [-0.1, -0.05) is 135 Å². The fourth-order valence-electron chi connectivity index (χ4n) is 7.49. The topological polar surface area (TPSA) is 51.8 Å². The molecule has 10 rings (SSSR count). The van der Waals surface area contributed by atoms with E-state index in [4.69, 9.17) is 19.4 Å². The van der Waals surface area contributed by atoms with Crippen molar-refractivity contribution in [1.29, 1.82) is 0 Å². The summed E-state index contributed by atoms with van der Waals surface area (Å²) in [7, 11) is 0. The number of para-hydroxylation sites is 3. The summed E-state index contributed by atoms with van der Waals surface area (Å²) < 4.78 is 7.56. The summed E-state index contributed by atoms with van der Waals surface area (Å²) in [5, 5.41) is 3.27. The van der Waals surface area contributed by atoms with Crippen molar-refractivity contribution in [1.82, 2.24) is 15.0 Å². The molecule has 0 saturated carbocycles. The van der Waals surface area contributed by atoms with Crippen molar-refractivity contribution in [3.05, 3.63) is 151 Å². The number of thiazole rings is 1. The van der Waals surface area contributed by atoms with Crippen LogP contribution in [0.5, 0.6) is 0 Å². The molecular formula is C44H29N3OS. The van der Waals surface area contributed by atoms with E-state index in [2.05, 4.69) is 135 Å². The fourth-order valence-corrected chi connectivity index (χ4v) is 8.47. The molecule has 1 aliphatic rings. The lowest BCUT2D eigenvalue weighted by Crippen LogP contribution is -2.17. The molecule has 0 bridgehead atoms. The lowest BCUT2D eigenvalue weighted by molar-refractivity contribution is 0.658. The van der Waals surface area contributed by atoms with Crippen LogP contribution in [-0.4, -0.2) is 15.0 Å². The van der Waals surface area contributed by atoms with Crippen LogP contribution in [0, 0.1) is 0 Å². The molecule has 6 aromatic carbocycles. The Balaban J connectivity index is 1.10. The number of rotatable bonds is 4. The summed E-state index contributed by atoms with van der Waals surface area (Å²) in [5.74, 6) is 0.716. The fraction of sp³-hybridized carbons (Fsp3) is 0.0682. The summed E-state index contributed by atoms with van der Waals surface area (Å²) in [6.07, 6.45) is 0. The summed E-state index contributed by atoms with van der Waals surface area (Å²) in [5.41, 5.74) is 13.5. The zero-order chi connectivity index (χ0) is 32.7. The molecule has 0 N–H and O–H groups in total. The summed E-state index contributed by atoms with van der Waals surface area (Å²) in [6.45, 7) is 4.57. The van der Waals surface area contributed by atoms with Crippen LogP contribution in [0.25, 0.3) is 87.8 Å². The lowest BCUT2D eigenvalue weighted by Gasteiger charge is -2.24. The van der Waals surface area contributed by atoms with Crippen molar-refractivity contribution >= 4 is 43.5 Å². The van der Waals surface area contributed by atoms with E-state index in [-0.39, 0.29) is 5.41 Å². The molecule has 0 amide bonds. The lowest BCUT2D eigenvalue weighted by atomic mass is 9.80. The van der Waals surface area contributed by atoms with E-state index in [0.29, 0.717) is 5.82 Å². The van der Waals surface area contributed by atoms with Gasteiger partial charge in [-0.25, -0.2) is 15.0 Å². The minimum atomic E-state index is -0.255. The van der Waals surface area contributed by atoms with E-state index in [1.54, 1.807) is 11.3 Å². The Morgan fingerprint density at radius 3 is 2.04 bits per heavy atom. The van der Waals surface area contributed by atoms with Gasteiger partial charge in [-0.15, -0.1) is 11.3 Å². The van der Waals surface area contributed by atoms with Crippen molar-refractivity contribution < 1.29 is 4.42 Å². The predicted molar refractivity (Wildman–Crippen MR) is 202 cm³/mol. The Bertz CT molecular complexity index is 2700. The van der Waals surface area contributed by atoms with Gasteiger partial charge in [-0.2, -0.15) is 0 Å². The first-order valence-electron chi connectivity index (χ1n) is 16.5. The number of furan rings is 1. The highest BCUT2D eigenvalue weighted by atomic mass is 32.1. The maximum absolute atomic E-state index is 6.37. The second kappa shape index (κ2) is 10.5. The number of hydrogen-bond donors (Lipinski definition) is 0. The van der Waals surface area contributed by atoms with Crippen LogP contribution in [0.4, 0.5) is 0 Å². The number of hydrogen-bond acceptors (Lipinski definition) is 5.